The van der Waals surface area contributed by atoms with Crippen molar-refractivity contribution in [2.24, 2.45) is 0 Å². The zero-order valence-corrected chi connectivity index (χ0v) is 22.3. The molecular formula is C24H31Cl2N3O4S. The van der Waals surface area contributed by atoms with E-state index in [-0.39, 0.29) is 34.2 Å². The van der Waals surface area contributed by atoms with Crippen LogP contribution in [0.5, 0.6) is 0 Å². The number of rotatable bonds is 10. The number of carbonyl (C=O) groups is 2. The molecule has 0 aliphatic heterocycles. The molecule has 0 bridgehead atoms. The molecule has 7 nitrogen and oxygen atoms in total. The number of carbonyl (C=O) groups excluding carboxylic acids is 2. The number of anilines is 1. The molecular weight excluding hydrogens is 497 g/mol. The number of nitrogens with zero attached hydrogens (tertiary/aromatic N) is 2. The molecule has 2 aromatic rings. The molecule has 0 saturated carbocycles. The number of nitrogens with one attached hydrogen (secondary N) is 1. The summed E-state index contributed by atoms with van der Waals surface area (Å²) in [4.78, 5) is 27.8. The number of hydrogen-bond acceptors (Lipinski definition) is 4. The van der Waals surface area contributed by atoms with Crippen LogP contribution in [0.25, 0.3) is 0 Å². The number of amides is 2. The van der Waals surface area contributed by atoms with Crippen molar-refractivity contribution in [1.29, 1.82) is 0 Å². The van der Waals surface area contributed by atoms with Crippen LogP contribution in [0.3, 0.4) is 0 Å². The monoisotopic (exact) mass is 527 g/mol. The van der Waals surface area contributed by atoms with Gasteiger partial charge in [0.05, 0.1) is 22.0 Å². The van der Waals surface area contributed by atoms with E-state index in [0.29, 0.717) is 0 Å². The summed E-state index contributed by atoms with van der Waals surface area (Å²) in [7, 11) is -3.84. The number of benzene rings is 2. The lowest BCUT2D eigenvalue weighted by atomic mass is 10.1. The highest BCUT2D eigenvalue weighted by Gasteiger charge is 2.30. The predicted octanol–water partition coefficient (Wildman–Crippen LogP) is 4.40. The smallest absolute Gasteiger partial charge is 0.244 e. The van der Waals surface area contributed by atoms with E-state index in [1.807, 2.05) is 45.0 Å². The molecule has 186 valence electrons. The number of sulfonamides is 1. The van der Waals surface area contributed by atoms with Gasteiger partial charge in [-0.2, -0.15) is 0 Å². The lowest BCUT2D eigenvalue weighted by Crippen LogP contribution is -2.52. The Morgan fingerprint density at radius 1 is 1.06 bits per heavy atom. The van der Waals surface area contributed by atoms with Crippen LogP contribution in [0.1, 0.15) is 38.3 Å². The first-order valence-corrected chi connectivity index (χ1v) is 13.5. The summed E-state index contributed by atoms with van der Waals surface area (Å²) in [6.07, 6.45) is 1.75. The highest BCUT2D eigenvalue weighted by atomic mass is 35.5. The van der Waals surface area contributed by atoms with E-state index < -0.39 is 28.5 Å². The lowest BCUT2D eigenvalue weighted by molar-refractivity contribution is -0.139. The fourth-order valence-corrected chi connectivity index (χ4v) is 4.41. The summed E-state index contributed by atoms with van der Waals surface area (Å²) < 4.78 is 26.1. The Morgan fingerprint density at radius 2 is 1.71 bits per heavy atom. The maximum Gasteiger partial charge on any atom is 0.244 e. The van der Waals surface area contributed by atoms with Crippen molar-refractivity contribution in [3.63, 3.8) is 0 Å². The van der Waals surface area contributed by atoms with Crippen LogP contribution in [0, 0.1) is 6.92 Å². The van der Waals surface area contributed by atoms with Crippen molar-refractivity contribution in [3.05, 3.63) is 63.6 Å². The molecule has 0 unspecified atom stereocenters. The van der Waals surface area contributed by atoms with Crippen LogP contribution in [-0.4, -0.2) is 50.0 Å². The maximum absolute atomic E-state index is 13.5. The SMILES string of the molecule is CC[C@H](C)NC(=O)[C@H](C)N(Cc1ccccc1C)C(=O)CN(c1ccc(Cl)c(Cl)c1)S(C)(=O)=O. The van der Waals surface area contributed by atoms with Gasteiger partial charge in [-0.1, -0.05) is 54.4 Å². The van der Waals surface area contributed by atoms with Gasteiger partial charge in [0.15, 0.2) is 0 Å². The Kier molecular flexibility index (Phi) is 9.79. The molecule has 2 atom stereocenters. The van der Waals surface area contributed by atoms with E-state index in [9.17, 15) is 18.0 Å². The third-order valence-electron chi connectivity index (χ3n) is 5.64. The second-order valence-electron chi connectivity index (χ2n) is 8.31. The molecule has 0 aliphatic carbocycles. The van der Waals surface area contributed by atoms with Crippen LogP contribution in [0.4, 0.5) is 5.69 Å². The van der Waals surface area contributed by atoms with E-state index in [4.69, 9.17) is 23.2 Å². The third kappa shape index (κ3) is 7.35. The van der Waals surface area contributed by atoms with Crippen molar-refractivity contribution in [1.82, 2.24) is 10.2 Å². The average molecular weight is 529 g/mol. The Labute approximate surface area is 212 Å². The minimum absolute atomic E-state index is 0.0610. The van der Waals surface area contributed by atoms with Crippen molar-refractivity contribution in [2.75, 3.05) is 17.1 Å². The van der Waals surface area contributed by atoms with Crippen molar-refractivity contribution in [2.45, 2.75) is 52.7 Å². The maximum atomic E-state index is 13.5. The highest BCUT2D eigenvalue weighted by molar-refractivity contribution is 7.92. The summed E-state index contributed by atoms with van der Waals surface area (Å²) in [5.74, 6) is -0.830. The molecule has 0 aliphatic rings. The molecule has 0 heterocycles. The number of hydrogen-bond donors (Lipinski definition) is 1. The van der Waals surface area contributed by atoms with Crippen molar-refractivity contribution < 1.29 is 18.0 Å². The molecule has 2 rings (SSSR count). The number of aryl methyl sites for hydroxylation is 1. The molecule has 2 aromatic carbocycles. The van der Waals surface area contributed by atoms with E-state index in [1.54, 1.807) is 6.92 Å². The minimum Gasteiger partial charge on any atom is -0.352 e. The molecule has 10 heteroatoms. The molecule has 0 radical (unpaired) electrons. The summed E-state index contributed by atoms with van der Waals surface area (Å²) in [6.45, 7) is 7.04. The normalized spacial score (nSPS) is 13.1. The third-order valence-corrected chi connectivity index (χ3v) is 7.52. The zero-order valence-electron chi connectivity index (χ0n) is 20.0. The topological polar surface area (TPSA) is 86.8 Å². The average Bonchev–Trinajstić information content (AvgIpc) is 2.77. The van der Waals surface area contributed by atoms with E-state index in [1.165, 1.54) is 23.1 Å². The molecule has 0 saturated heterocycles. The van der Waals surface area contributed by atoms with Crippen molar-refractivity contribution >= 4 is 50.7 Å². The first-order chi connectivity index (χ1) is 15.8. The van der Waals surface area contributed by atoms with Crippen LogP contribution >= 0.6 is 23.2 Å². The summed E-state index contributed by atoms with van der Waals surface area (Å²) >= 11 is 12.1. The standard InChI is InChI=1S/C24H31Cl2N3O4S/c1-6-17(3)27-24(31)18(4)28(14-19-10-8-7-9-16(19)2)23(30)15-29(34(5,32)33)20-11-12-21(25)22(26)13-20/h7-13,17-18H,6,14-15H2,1-5H3,(H,27,31)/t17-,18-/m0/s1. The molecule has 0 aromatic heterocycles. The highest BCUT2D eigenvalue weighted by Crippen LogP contribution is 2.28. The van der Waals surface area contributed by atoms with Gasteiger partial charge in [0.25, 0.3) is 0 Å². The van der Waals surface area contributed by atoms with Crippen LogP contribution < -0.4 is 9.62 Å². The zero-order chi connectivity index (χ0) is 25.6. The van der Waals surface area contributed by atoms with Gasteiger partial charge in [0.1, 0.15) is 12.6 Å². The van der Waals surface area contributed by atoms with Gasteiger partial charge in [-0.15, -0.1) is 0 Å². The van der Waals surface area contributed by atoms with Crippen LogP contribution in [-0.2, 0) is 26.2 Å². The predicted molar refractivity (Wildman–Crippen MR) is 138 cm³/mol. The van der Waals surface area contributed by atoms with E-state index >= 15 is 0 Å². The quantitative estimate of drug-likeness (QED) is 0.495. The molecule has 0 spiro atoms. The Bertz CT molecular complexity index is 1140. The fourth-order valence-electron chi connectivity index (χ4n) is 3.27. The molecule has 34 heavy (non-hydrogen) atoms. The first-order valence-electron chi connectivity index (χ1n) is 10.9. The summed E-state index contributed by atoms with van der Waals surface area (Å²) in [5, 5.41) is 3.33. The fraction of sp³-hybridized carbons (Fsp3) is 0.417. The molecule has 0 fully saturated rings. The van der Waals surface area contributed by atoms with E-state index in [0.717, 1.165) is 28.1 Å². The van der Waals surface area contributed by atoms with Crippen molar-refractivity contribution in [3.8, 4) is 0 Å². The van der Waals surface area contributed by atoms with Gasteiger partial charge in [-0.25, -0.2) is 8.42 Å². The Hall–Kier alpha value is -2.29. The second kappa shape index (κ2) is 11.9. The van der Waals surface area contributed by atoms with Gasteiger partial charge in [0, 0.05) is 12.6 Å². The van der Waals surface area contributed by atoms with E-state index in [2.05, 4.69) is 5.32 Å². The Morgan fingerprint density at radius 3 is 2.26 bits per heavy atom. The lowest BCUT2D eigenvalue weighted by Gasteiger charge is -2.32. The second-order valence-corrected chi connectivity index (χ2v) is 11.0. The molecule has 1 N–H and O–H groups in total. The van der Waals surface area contributed by atoms with Crippen LogP contribution in [0.15, 0.2) is 42.5 Å². The summed E-state index contributed by atoms with van der Waals surface area (Å²) in [6, 6.07) is 11.0. The largest absolute Gasteiger partial charge is 0.352 e. The van der Waals surface area contributed by atoms with Gasteiger partial charge in [-0.05, 0) is 56.5 Å². The number of halogens is 2. The van der Waals surface area contributed by atoms with Crippen LogP contribution in [0.2, 0.25) is 10.0 Å². The minimum atomic E-state index is -3.84. The first kappa shape index (κ1) is 28.0. The Balaban J connectivity index is 2.42. The summed E-state index contributed by atoms with van der Waals surface area (Å²) in [5.41, 5.74) is 2.02. The van der Waals surface area contributed by atoms with Gasteiger partial charge in [0.2, 0.25) is 21.8 Å². The van der Waals surface area contributed by atoms with Gasteiger partial charge in [-0.3, -0.25) is 13.9 Å². The molecule has 2 amide bonds. The van der Waals surface area contributed by atoms with Gasteiger partial charge < -0.3 is 10.2 Å². The van der Waals surface area contributed by atoms with Gasteiger partial charge >= 0.3 is 0 Å².